The van der Waals surface area contributed by atoms with Gasteiger partial charge in [0.05, 0.1) is 5.56 Å². The fraction of sp³-hybridized carbons (Fsp3) is 0.471. The van der Waals surface area contributed by atoms with Crippen molar-refractivity contribution in [1.82, 2.24) is 0 Å². The van der Waals surface area contributed by atoms with Gasteiger partial charge in [-0.05, 0) is 12.1 Å². The summed E-state index contributed by atoms with van der Waals surface area (Å²) in [4.78, 5) is 34.2. The van der Waals surface area contributed by atoms with Gasteiger partial charge in [0, 0.05) is 12.8 Å². The van der Waals surface area contributed by atoms with Crippen molar-refractivity contribution in [2.24, 2.45) is 0 Å². The molecule has 0 N–H and O–H groups in total. The maximum absolute atomic E-state index is 11.9. The lowest BCUT2D eigenvalue weighted by atomic mass is 10.2. The van der Waals surface area contributed by atoms with E-state index in [1.165, 1.54) is 0 Å². The van der Waals surface area contributed by atoms with Crippen molar-refractivity contribution in [3.05, 3.63) is 35.9 Å². The predicted octanol–water partition coefficient (Wildman–Crippen LogP) is 2.09. The minimum atomic E-state index is -0.724. The summed E-state index contributed by atoms with van der Waals surface area (Å²) < 4.78 is 20.2. The molecule has 0 heterocycles. The molecule has 0 aromatic heterocycles. The molecule has 1 aromatic carbocycles. The fourth-order valence-corrected chi connectivity index (χ4v) is 1.56. The lowest BCUT2D eigenvalue weighted by Crippen LogP contribution is -2.29. The third-order valence-corrected chi connectivity index (χ3v) is 2.94. The number of carbonyl (C=O) groups is 3. The number of esters is 3. The van der Waals surface area contributed by atoms with Crippen LogP contribution in [0, 0.1) is 0 Å². The Bertz CT molecular complexity index is 527. The second-order valence-corrected chi connectivity index (χ2v) is 4.78. The zero-order valence-corrected chi connectivity index (χ0v) is 13.9. The van der Waals surface area contributed by atoms with Crippen molar-refractivity contribution in [3.63, 3.8) is 0 Å². The van der Waals surface area contributed by atoms with E-state index in [0.717, 1.165) is 0 Å². The standard InChI is InChI=1S/C17H22O7/c1-3-15(18)21-10-14(23-12-24-16(19)4-2)11-22-17(20)13-8-6-5-7-9-13/h5-9,14H,3-4,10-12H2,1-2H3. The topological polar surface area (TPSA) is 88.1 Å². The molecular weight excluding hydrogens is 316 g/mol. The first-order valence-electron chi connectivity index (χ1n) is 7.71. The Morgan fingerprint density at radius 2 is 1.46 bits per heavy atom. The van der Waals surface area contributed by atoms with Crippen LogP contribution in [-0.4, -0.2) is 44.0 Å². The van der Waals surface area contributed by atoms with Crippen molar-refractivity contribution in [1.29, 1.82) is 0 Å². The molecule has 7 heteroatoms. The molecule has 0 saturated heterocycles. The largest absolute Gasteiger partial charge is 0.463 e. The van der Waals surface area contributed by atoms with E-state index in [2.05, 4.69) is 0 Å². The molecule has 24 heavy (non-hydrogen) atoms. The molecule has 0 aliphatic heterocycles. The number of rotatable bonds is 10. The summed E-state index contributed by atoms with van der Waals surface area (Å²) in [6.07, 6.45) is -0.277. The Morgan fingerprint density at radius 3 is 2.08 bits per heavy atom. The number of hydrogen-bond donors (Lipinski definition) is 0. The van der Waals surface area contributed by atoms with Crippen molar-refractivity contribution in [2.75, 3.05) is 20.0 Å². The SMILES string of the molecule is CCC(=O)OCOC(COC(=O)CC)COC(=O)c1ccccc1. The van der Waals surface area contributed by atoms with Crippen LogP contribution in [0.3, 0.4) is 0 Å². The minimum absolute atomic E-state index is 0.0988. The van der Waals surface area contributed by atoms with Crippen LogP contribution in [0.5, 0.6) is 0 Å². The molecule has 0 amide bonds. The van der Waals surface area contributed by atoms with E-state index >= 15 is 0 Å². The average molecular weight is 338 g/mol. The molecule has 0 saturated carbocycles. The molecule has 1 aromatic rings. The number of hydrogen-bond acceptors (Lipinski definition) is 7. The highest BCUT2D eigenvalue weighted by Gasteiger charge is 2.16. The van der Waals surface area contributed by atoms with E-state index in [4.69, 9.17) is 18.9 Å². The highest BCUT2D eigenvalue weighted by atomic mass is 16.7. The van der Waals surface area contributed by atoms with Gasteiger partial charge in [0.2, 0.25) is 0 Å². The summed E-state index contributed by atoms with van der Waals surface area (Å²) in [6, 6.07) is 8.47. The molecule has 0 aliphatic carbocycles. The van der Waals surface area contributed by atoms with E-state index in [0.29, 0.717) is 5.56 Å². The van der Waals surface area contributed by atoms with Crippen molar-refractivity contribution < 1.29 is 33.3 Å². The van der Waals surface area contributed by atoms with Gasteiger partial charge < -0.3 is 18.9 Å². The lowest BCUT2D eigenvalue weighted by Gasteiger charge is -2.17. The quantitative estimate of drug-likeness (QED) is 0.367. The first-order valence-corrected chi connectivity index (χ1v) is 7.71. The molecule has 0 radical (unpaired) electrons. The van der Waals surface area contributed by atoms with Gasteiger partial charge in [-0.1, -0.05) is 32.0 Å². The van der Waals surface area contributed by atoms with E-state index < -0.39 is 24.0 Å². The van der Waals surface area contributed by atoms with Crippen LogP contribution in [0.1, 0.15) is 37.0 Å². The van der Waals surface area contributed by atoms with E-state index in [-0.39, 0.29) is 32.8 Å². The number of benzene rings is 1. The zero-order chi connectivity index (χ0) is 17.8. The number of carbonyl (C=O) groups excluding carboxylic acids is 3. The van der Waals surface area contributed by atoms with Gasteiger partial charge >= 0.3 is 17.9 Å². The van der Waals surface area contributed by atoms with E-state index in [9.17, 15) is 14.4 Å². The second kappa shape index (κ2) is 11.2. The summed E-state index contributed by atoms with van der Waals surface area (Å²) in [6.45, 7) is 2.79. The third kappa shape index (κ3) is 7.73. The normalized spacial score (nSPS) is 11.4. The first kappa shape index (κ1) is 19.6. The van der Waals surface area contributed by atoms with Crippen LogP contribution in [0.25, 0.3) is 0 Å². The van der Waals surface area contributed by atoms with Crippen molar-refractivity contribution >= 4 is 17.9 Å². The van der Waals surface area contributed by atoms with Gasteiger partial charge in [0.25, 0.3) is 0 Å². The summed E-state index contributed by atoms with van der Waals surface area (Å²) in [7, 11) is 0. The fourth-order valence-electron chi connectivity index (χ4n) is 1.56. The average Bonchev–Trinajstić information content (AvgIpc) is 2.63. The van der Waals surface area contributed by atoms with Crippen LogP contribution in [0.2, 0.25) is 0 Å². The Morgan fingerprint density at radius 1 is 0.875 bits per heavy atom. The zero-order valence-electron chi connectivity index (χ0n) is 13.9. The van der Waals surface area contributed by atoms with Crippen molar-refractivity contribution in [2.45, 2.75) is 32.8 Å². The molecule has 7 nitrogen and oxygen atoms in total. The molecule has 0 bridgehead atoms. The highest BCUT2D eigenvalue weighted by molar-refractivity contribution is 5.89. The second-order valence-electron chi connectivity index (χ2n) is 4.78. The molecule has 0 aliphatic rings. The molecule has 1 unspecified atom stereocenters. The van der Waals surface area contributed by atoms with Gasteiger partial charge in [-0.25, -0.2) is 4.79 Å². The van der Waals surface area contributed by atoms with Crippen LogP contribution in [0.15, 0.2) is 30.3 Å². The predicted molar refractivity (Wildman–Crippen MR) is 84.1 cm³/mol. The van der Waals surface area contributed by atoms with Crippen LogP contribution in [-0.2, 0) is 28.5 Å². The maximum Gasteiger partial charge on any atom is 0.338 e. The minimum Gasteiger partial charge on any atom is -0.463 e. The number of ether oxygens (including phenoxy) is 4. The Kier molecular flexibility index (Phi) is 9.14. The van der Waals surface area contributed by atoms with Crippen molar-refractivity contribution in [3.8, 4) is 0 Å². The summed E-state index contributed by atoms with van der Waals surface area (Å²) in [5.41, 5.74) is 0.402. The summed E-state index contributed by atoms with van der Waals surface area (Å²) in [5.74, 6) is -1.33. The van der Waals surface area contributed by atoms with Gasteiger partial charge in [-0.15, -0.1) is 0 Å². The molecule has 0 fully saturated rings. The third-order valence-electron chi connectivity index (χ3n) is 2.94. The summed E-state index contributed by atoms with van der Waals surface area (Å²) in [5, 5.41) is 0. The lowest BCUT2D eigenvalue weighted by molar-refractivity contribution is -0.170. The van der Waals surface area contributed by atoms with Crippen LogP contribution >= 0.6 is 0 Å². The van der Waals surface area contributed by atoms with Gasteiger partial charge in [0.1, 0.15) is 19.3 Å². The molecule has 1 atom stereocenters. The highest BCUT2D eigenvalue weighted by Crippen LogP contribution is 2.04. The molecule has 132 valence electrons. The Hall–Kier alpha value is -2.41. The monoisotopic (exact) mass is 338 g/mol. The Balaban J connectivity index is 2.48. The Labute approximate surface area is 140 Å². The van der Waals surface area contributed by atoms with E-state index in [1.54, 1.807) is 44.2 Å². The molecule has 0 spiro atoms. The summed E-state index contributed by atoms with van der Waals surface area (Å²) >= 11 is 0. The van der Waals surface area contributed by atoms with Gasteiger partial charge in [-0.3, -0.25) is 9.59 Å². The van der Waals surface area contributed by atoms with E-state index in [1.807, 2.05) is 0 Å². The van der Waals surface area contributed by atoms with Gasteiger partial charge in [-0.2, -0.15) is 0 Å². The smallest absolute Gasteiger partial charge is 0.338 e. The maximum atomic E-state index is 11.9. The molecule has 1 rings (SSSR count). The molecular formula is C17H22O7. The van der Waals surface area contributed by atoms with Crippen LogP contribution < -0.4 is 0 Å². The van der Waals surface area contributed by atoms with Gasteiger partial charge in [0.15, 0.2) is 6.79 Å². The van der Waals surface area contributed by atoms with Crippen LogP contribution in [0.4, 0.5) is 0 Å². The first-order chi connectivity index (χ1) is 11.6.